The SMILES string of the molecule is N#Cc1cc(-c2cc(C#N)cc(-n3c4ccc(C#N)cc4c4cc(C#N)ccc43)c2)cc(-c2c3ccccc3c(-c3ccccc3)c3ccccc23)c1. The predicted molar refractivity (Wildman–Crippen MR) is 211 cm³/mol. The van der Waals surface area contributed by atoms with Crippen LogP contribution in [-0.4, -0.2) is 4.57 Å². The maximum absolute atomic E-state index is 10.4. The summed E-state index contributed by atoms with van der Waals surface area (Å²) in [5.74, 6) is 0. The Kier molecular flexibility index (Phi) is 7.28. The molecule has 0 amide bonds. The first-order valence-corrected chi connectivity index (χ1v) is 17.1. The molecule has 0 unspecified atom stereocenters. The molecule has 0 saturated heterocycles. The Morgan fingerprint density at radius 3 is 1.26 bits per heavy atom. The third-order valence-corrected chi connectivity index (χ3v) is 10.0. The molecule has 0 atom stereocenters. The number of aromatic nitrogens is 1. The Hall–Kier alpha value is -7.96. The van der Waals surface area contributed by atoms with Crippen molar-refractivity contribution in [3.05, 3.63) is 174 Å². The molecule has 0 aliphatic rings. The highest BCUT2D eigenvalue weighted by Gasteiger charge is 2.19. The number of hydrogen-bond donors (Lipinski definition) is 0. The molecular weight excluding hydrogens is 647 g/mol. The topological polar surface area (TPSA) is 100 Å². The van der Waals surface area contributed by atoms with E-state index in [1.807, 2.05) is 60.7 Å². The van der Waals surface area contributed by atoms with Crippen molar-refractivity contribution in [2.24, 2.45) is 0 Å². The van der Waals surface area contributed by atoms with Gasteiger partial charge in [-0.05, 0) is 128 Å². The van der Waals surface area contributed by atoms with E-state index in [0.29, 0.717) is 22.3 Å². The van der Waals surface area contributed by atoms with Crippen LogP contribution in [0.4, 0.5) is 0 Å². The van der Waals surface area contributed by atoms with Crippen LogP contribution < -0.4 is 0 Å². The van der Waals surface area contributed by atoms with Crippen LogP contribution >= 0.6 is 0 Å². The molecule has 242 valence electrons. The van der Waals surface area contributed by atoms with Gasteiger partial charge in [-0.15, -0.1) is 0 Å². The van der Waals surface area contributed by atoms with Crippen molar-refractivity contribution in [3.8, 4) is 63.3 Å². The van der Waals surface area contributed by atoms with Gasteiger partial charge in [-0.2, -0.15) is 21.0 Å². The Labute approximate surface area is 305 Å². The van der Waals surface area contributed by atoms with E-state index < -0.39 is 0 Å². The van der Waals surface area contributed by atoms with Crippen LogP contribution in [0.2, 0.25) is 0 Å². The van der Waals surface area contributed by atoms with E-state index in [4.69, 9.17) is 0 Å². The summed E-state index contributed by atoms with van der Waals surface area (Å²) < 4.78 is 2.07. The van der Waals surface area contributed by atoms with Gasteiger partial charge in [0, 0.05) is 16.5 Å². The standard InChI is InChI=1S/C48H25N5/c49-26-30-14-16-45-43(22-30)44-23-31(27-50)15-17-46(44)53(45)38-21-33(29-52)19-36(25-38)35-18-32(28-51)20-37(24-35)48-41-12-6-4-10-39(41)47(34-8-2-1-3-9-34)40-11-5-7-13-42(40)48/h1-25H. The first kappa shape index (κ1) is 31.1. The Balaban J connectivity index is 1.31. The maximum atomic E-state index is 10.4. The highest BCUT2D eigenvalue weighted by atomic mass is 15.0. The van der Waals surface area contributed by atoms with Crippen molar-refractivity contribution in [1.29, 1.82) is 21.0 Å². The summed E-state index contributed by atoms with van der Waals surface area (Å²) in [7, 11) is 0. The van der Waals surface area contributed by atoms with Gasteiger partial charge >= 0.3 is 0 Å². The molecule has 1 heterocycles. The summed E-state index contributed by atoms with van der Waals surface area (Å²) in [4.78, 5) is 0. The average Bonchev–Trinajstić information content (AvgIpc) is 3.55. The van der Waals surface area contributed by atoms with E-state index in [2.05, 4.69) is 108 Å². The summed E-state index contributed by atoms with van der Waals surface area (Å²) in [6.45, 7) is 0. The molecule has 0 fully saturated rings. The summed E-state index contributed by atoms with van der Waals surface area (Å²) >= 11 is 0. The fourth-order valence-corrected chi connectivity index (χ4v) is 7.77. The molecule has 5 heteroatoms. The Morgan fingerprint density at radius 1 is 0.321 bits per heavy atom. The number of benzene rings is 8. The highest BCUT2D eigenvalue weighted by Crippen LogP contribution is 2.45. The number of nitrogens with zero attached hydrogens (tertiary/aromatic N) is 5. The van der Waals surface area contributed by atoms with Gasteiger partial charge in [0.25, 0.3) is 0 Å². The van der Waals surface area contributed by atoms with Crippen LogP contribution in [0.3, 0.4) is 0 Å². The molecule has 5 nitrogen and oxygen atoms in total. The molecule has 8 aromatic carbocycles. The first-order chi connectivity index (χ1) is 26.1. The van der Waals surface area contributed by atoms with E-state index in [1.165, 1.54) is 5.56 Å². The van der Waals surface area contributed by atoms with Crippen LogP contribution in [0.5, 0.6) is 0 Å². The van der Waals surface area contributed by atoms with Gasteiger partial charge in [0.2, 0.25) is 0 Å². The molecule has 0 radical (unpaired) electrons. The minimum absolute atomic E-state index is 0.460. The third-order valence-electron chi connectivity index (χ3n) is 10.0. The van der Waals surface area contributed by atoms with Gasteiger partial charge < -0.3 is 4.57 Å². The van der Waals surface area contributed by atoms with Gasteiger partial charge in [-0.25, -0.2) is 0 Å². The van der Waals surface area contributed by atoms with Gasteiger partial charge in [0.15, 0.2) is 0 Å². The molecule has 9 aromatic rings. The first-order valence-electron chi connectivity index (χ1n) is 17.1. The lowest BCUT2D eigenvalue weighted by atomic mass is 9.85. The smallest absolute Gasteiger partial charge is 0.0992 e. The fraction of sp³-hybridized carbons (Fsp3) is 0. The normalized spacial score (nSPS) is 10.9. The highest BCUT2D eigenvalue weighted by molar-refractivity contribution is 6.21. The van der Waals surface area contributed by atoms with Gasteiger partial charge in [-0.1, -0.05) is 78.9 Å². The fourth-order valence-electron chi connectivity index (χ4n) is 7.77. The van der Waals surface area contributed by atoms with Crippen LogP contribution in [0, 0.1) is 45.3 Å². The van der Waals surface area contributed by atoms with Crippen molar-refractivity contribution >= 4 is 43.4 Å². The Bertz CT molecular complexity index is 3030. The maximum Gasteiger partial charge on any atom is 0.0992 e. The zero-order chi connectivity index (χ0) is 36.1. The number of rotatable bonds is 4. The summed E-state index contributed by atoms with van der Waals surface area (Å²) in [6.07, 6.45) is 0. The molecule has 0 aliphatic heterocycles. The lowest BCUT2D eigenvalue weighted by Crippen LogP contribution is -1.97. The Morgan fingerprint density at radius 2 is 0.755 bits per heavy atom. The molecular formula is C48H25N5. The van der Waals surface area contributed by atoms with E-state index in [0.717, 1.165) is 76.9 Å². The predicted octanol–water partition coefficient (Wildman–Crippen LogP) is 11.6. The van der Waals surface area contributed by atoms with Crippen LogP contribution in [0.15, 0.2) is 152 Å². The number of nitriles is 4. The molecule has 0 saturated carbocycles. The molecule has 53 heavy (non-hydrogen) atoms. The number of fused-ring (bicyclic) bond motifs is 5. The van der Waals surface area contributed by atoms with Crippen LogP contribution in [0.25, 0.3) is 82.4 Å². The molecule has 0 spiro atoms. The van der Waals surface area contributed by atoms with E-state index in [9.17, 15) is 21.0 Å². The lowest BCUT2D eigenvalue weighted by molar-refractivity contribution is 1.18. The minimum Gasteiger partial charge on any atom is -0.309 e. The van der Waals surface area contributed by atoms with Crippen molar-refractivity contribution in [2.75, 3.05) is 0 Å². The second-order valence-electron chi connectivity index (χ2n) is 13.0. The molecule has 1 aromatic heterocycles. The van der Waals surface area contributed by atoms with E-state index in [-0.39, 0.29) is 0 Å². The average molecular weight is 672 g/mol. The largest absolute Gasteiger partial charge is 0.309 e. The van der Waals surface area contributed by atoms with Crippen molar-refractivity contribution in [3.63, 3.8) is 0 Å². The van der Waals surface area contributed by atoms with Gasteiger partial charge in [-0.3, -0.25) is 0 Å². The number of hydrogen-bond acceptors (Lipinski definition) is 4. The quantitative estimate of drug-likeness (QED) is 0.174. The van der Waals surface area contributed by atoms with Crippen molar-refractivity contribution in [1.82, 2.24) is 4.57 Å². The van der Waals surface area contributed by atoms with Crippen molar-refractivity contribution in [2.45, 2.75) is 0 Å². The second kappa shape index (κ2) is 12.4. The van der Waals surface area contributed by atoms with Crippen LogP contribution in [-0.2, 0) is 0 Å². The summed E-state index contributed by atoms with van der Waals surface area (Å²) in [6, 6.07) is 59.2. The molecule has 0 aliphatic carbocycles. The zero-order valence-electron chi connectivity index (χ0n) is 28.2. The summed E-state index contributed by atoms with van der Waals surface area (Å²) in [5.41, 5.74) is 10.3. The second-order valence-corrected chi connectivity index (χ2v) is 13.0. The molecule has 0 N–H and O–H groups in total. The van der Waals surface area contributed by atoms with Crippen LogP contribution in [0.1, 0.15) is 22.3 Å². The molecule has 0 bridgehead atoms. The third kappa shape index (κ3) is 5.06. The zero-order valence-corrected chi connectivity index (χ0v) is 28.2. The lowest BCUT2D eigenvalue weighted by Gasteiger charge is -2.18. The van der Waals surface area contributed by atoms with E-state index >= 15 is 0 Å². The van der Waals surface area contributed by atoms with E-state index in [1.54, 1.807) is 12.1 Å². The summed E-state index contributed by atoms with van der Waals surface area (Å²) in [5, 5.41) is 46.1. The monoisotopic (exact) mass is 671 g/mol. The molecule has 9 rings (SSSR count). The van der Waals surface area contributed by atoms with Gasteiger partial charge in [0.1, 0.15) is 0 Å². The van der Waals surface area contributed by atoms with Gasteiger partial charge in [0.05, 0.1) is 57.6 Å². The minimum atomic E-state index is 0.460. The van der Waals surface area contributed by atoms with Crippen molar-refractivity contribution < 1.29 is 0 Å².